The molecule has 72 valence electrons. The molecule has 2 nitrogen and oxygen atoms in total. The summed E-state index contributed by atoms with van der Waals surface area (Å²) in [4.78, 5) is 1.26. The summed E-state index contributed by atoms with van der Waals surface area (Å²) < 4.78 is 0. The molecule has 1 aromatic carbocycles. The molecular weight excluding hydrogens is 182 g/mol. The third-order valence-electron chi connectivity index (χ3n) is 1.74. The van der Waals surface area contributed by atoms with Gasteiger partial charge in [-0.05, 0) is 24.3 Å². The van der Waals surface area contributed by atoms with Gasteiger partial charge in [0.2, 0.25) is 0 Å². The molecular formula is C10H15NOS. The van der Waals surface area contributed by atoms with E-state index >= 15 is 0 Å². The summed E-state index contributed by atoms with van der Waals surface area (Å²) in [5, 5.41) is 8.70. The van der Waals surface area contributed by atoms with Crippen molar-refractivity contribution in [2.45, 2.75) is 17.4 Å². The maximum Gasteiger partial charge on any atom is 0.0582 e. The summed E-state index contributed by atoms with van der Waals surface area (Å²) >= 11 is 1.77. The van der Waals surface area contributed by atoms with Crippen LogP contribution in [0.5, 0.6) is 0 Å². The van der Waals surface area contributed by atoms with Gasteiger partial charge in [0, 0.05) is 10.9 Å². The Balaban J connectivity index is 2.20. The van der Waals surface area contributed by atoms with Gasteiger partial charge in [-0.2, -0.15) is 0 Å². The van der Waals surface area contributed by atoms with E-state index in [2.05, 4.69) is 12.1 Å². The second kappa shape index (κ2) is 6.02. The molecule has 1 atom stereocenters. The highest BCUT2D eigenvalue weighted by Crippen LogP contribution is 2.17. The first-order valence-electron chi connectivity index (χ1n) is 4.37. The minimum absolute atomic E-state index is 0.0730. The van der Waals surface area contributed by atoms with Crippen LogP contribution >= 0.6 is 11.8 Å². The number of thioether (sulfide) groups is 1. The van der Waals surface area contributed by atoms with Crippen LogP contribution < -0.4 is 5.73 Å². The predicted octanol–water partition coefficient (Wildman–Crippen LogP) is 1.49. The van der Waals surface area contributed by atoms with Crippen LogP contribution in [-0.2, 0) is 0 Å². The summed E-state index contributed by atoms with van der Waals surface area (Å²) in [6.45, 7) is 0.0787. The quantitative estimate of drug-likeness (QED) is 0.703. The van der Waals surface area contributed by atoms with Gasteiger partial charge in [-0.1, -0.05) is 18.2 Å². The van der Waals surface area contributed by atoms with Crippen molar-refractivity contribution >= 4 is 11.8 Å². The van der Waals surface area contributed by atoms with E-state index in [-0.39, 0.29) is 12.6 Å². The molecule has 0 saturated heterocycles. The molecule has 0 spiro atoms. The van der Waals surface area contributed by atoms with Crippen molar-refractivity contribution in [1.82, 2.24) is 0 Å². The molecule has 0 bridgehead atoms. The SMILES string of the molecule is NC(CO)CCSc1ccccc1. The Hall–Kier alpha value is -0.510. The van der Waals surface area contributed by atoms with Crippen LogP contribution in [0.2, 0.25) is 0 Å². The van der Waals surface area contributed by atoms with Crippen molar-refractivity contribution in [2.75, 3.05) is 12.4 Å². The van der Waals surface area contributed by atoms with Crippen LogP contribution in [0.1, 0.15) is 6.42 Å². The summed E-state index contributed by atoms with van der Waals surface area (Å²) in [6.07, 6.45) is 0.857. The minimum atomic E-state index is -0.0730. The molecule has 1 rings (SSSR count). The van der Waals surface area contributed by atoms with Crippen LogP contribution in [0.4, 0.5) is 0 Å². The standard InChI is InChI=1S/C10H15NOS/c11-9(8-12)6-7-13-10-4-2-1-3-5-10/h1-5,9,12H,6-8,11H2. The maximum atomic E-state index is 8.70. The molecule has 0 aliphatic rings. The molecule has 0 heterocycles. The molecule has 13 heavy (non-hydrogen) atoms. The van der Waals surface area contributed by atoms with Gasteiger partial charge >= 0.3 is 0 Å². The predicted molar refractivity (Wildman–Crippen MR) is 56.8 cm³/mol. The van der Waals surface area contributed by atoms with Crippen LogP contribution in [-0.4, -0.2) is 23.5 Å². The molecule has 1 aromatic rings. The number of rotatable bonds is 5. The summed E-state index contributed by atoms with van der Waals surface area (Å²) in [5.41, 5.74) is 5.57. The van der Waals surface area contributed by atoms with Crippen molar-refractivity contribution in [1.29, 1.82) is 0 Å². The van der Waals surface area contributed by atoms with E-state index in [1.54, 1.807) is 11.8 Å². The minimum Gasteiger partial charge on any atom is -0.395 e. The molecule has 1 unspecified atom stereocenters. The van der Waals surface area contributed by atoms with E-state index in [0.29, 0.717) is 0 Å². The molecule has 0 fully saturated rings. The molecule has 3 heteroatoms. The smallest absolute Gasteiger partial charge is 0.0582 e. The largest absolute Gasteiger partial charge is 0.395 e. The van der Waals surface area contributed by atoms with E-state index < -0.39 is 0 Å². The van der Waals surface area contributed by atoms with Gasteiger partial charge in [0.15, 0.2) is 0 Å². The first-order valence-corrected chi connectivity index (χ1v) is 5.36. The highest BCUT2D eigenvalue weighted by atomic mass is 32.2. The summed E-state index contributed by atoms with van der Waals surface area (Å²) in [5.74, 6) is 0.964. The molecule has 0 aliphatic heterocycles. The van der Waals surface area contributed by atoms with Crippen LogP contribution in [0.25, 0.3) is 0 Å². The molecule has 0 saturated carbocycles. The maximum absolute atomic E-state index is 8.70. The van der Waals surface area contributed by atoms with E-state index in [4.69, 9.17) is 10.8 Å². The van der Waals surface area contributed by atoms with E-state index in [1.165, 1.54) is 4.90 Å². The molecule has 0 radical (unpaired) electrons. The summed E-state index contributed by atoms with van der Waals surface area (Å²) in [7, 11) is 0. The zero-order valence-electron chi connectivity index (χ0n) is 7.52. The van der Waals surface area contributed by atoms with Crippen molar-refractivity contribution in [3.8, 4) is 0 Å². The van der Waals surface area contributed by atoms with E-state index in [9.17, 15) is 0 Å². The Morgan fingerprint density at radius 2 is 2.00 bits per heavy atom. The first kappa shape index (κ1) is 10.6. The van der Waals surface area contributed by atoms with Gasteiger partial charge in [0.25, 0.3) is 0 Å². The normalized spacial score (nSPS) is 12.8. The van der Waals surface area contributed by atoms with Crippen molar-refractivity contribution in [3.05, 3.63) is 30.3 Å². The van der Waals surface area contributed by atoms with E-state index in [0.717, 1.165) is 12.2 Å². The topological polar surface area (TPSA) is 46.2 Å². The lowest BCUT2D eigenvalue weighted by atomic mass is 10.3. The van der Waals surface area contributed by atoms with Gasteiger partial charge in [0.1, 0.15) is 0 Å². The Bertz CT molecular complexity index is 228. The number of aliphatic hydroxyl groups is 1. The zero-order valence-corrected chi connectivity index (χ0v) is 8.33. The molecule has 0 aromatic heterocycles. The highest BCUT2D eigenvalue weighted by molar-refractivity contribution is 7.99. The highest BCUT2D eigenvalue weighted by Gasteiger charge is 1.99. The van der Waals surface area contributed by atoms with Crippen LogP contribution in [0.15, 0.2) is 35.2 Å². The number of nitrogens with two attached hydrogens (primary N) is 1. The Labute approximate surface area is 83.1 Å². The summed E-state index contributed by atoms with van der Waals surface area (Å²) in [6, 6.07) is 10.1. The molecule has 3 N–H and O–H groups in total. The second-order valence-corrected chi connectivity index (χ2v) is 4.06. The Kier molecular flexibility index (Phi) is 4.90. The van der Waals surface area contributed by atoms with Crippen LogP contribution in [0, 0.1) is 0 Å². The fourth-order valence-corrected chi connectivity index (χ4v) is 1.94. The van der Waals surface area contributed by atoms with Crippen LogP contribution in [0.3, 0.4) is 0 Å². The van der Waals surface area contributed by atoms with Gasteiger partial charge < -0.3 is 10.8 Å². The van der Waals surface area contributed by atoms with Crippen molar-refractivity contribution < 1.29 is 5.11 Å². The average molecular weight is 197 g/mol. The fourth-order valence-electron chi connectivity index (χ4n) is 0.936. The van der Waals surface area contributed by atoms with Crippen molar-refractivity contribution in [3.63, 3.8) is 0 Å². The lowest BCUT2D eigenvalue weighted by Crippen LogP contribution is -2.24. The number of hydrogen-bond donors (Lipinski definition) is 2. The first-order chi connectivity index (χ1) is 6.33. The molecule has 0 aliphatic carbocycles. The Morgan fingerprint density at radius 1 is 1.31 bits per heavy atom. The number of hydrogen-bond acceptors (Lipinski definition) is 3. The lowest BCUT2D eigenvalue weighted by Gasteiger charge is -2.06. The zero-order chi connectivity index (χ0) is 9.52. The fraction of sp³-hybridized carbons (Fsp3) is 0.400. The van der Waals surface area contributed by atoms with Gasteiger partial charge in [-0.15, -0.1) is 11.8 Å². The van der Waals surface area contributed by atoms with Gasteiger partial charge in [-0.25, -0.2) is 0 Å². The molecule has 0 amide bonds. The van der Waals surface area contributed by atoms with Gasteiger partial charge in [0.05, 0.1) is 6.61 Å². The third kappa shape index (κ3) is 4.31. The number of aliphatic hydroxyl groups excluding tert-OH is 1. The average Bonchev–Trinajstić information content (AvgIpc) is 2.19. The van der Waals surface area contributed by atoms with Gasteiger partial charge in [-0.3, -0.25) is 0 Å². The van der Waals surface area contributed by atoms with Crippen molar-refractivity contribution in [2.24, 2.45) is 5.73 Å². The number of benzene rings is 1. The third-order valence-corrected chi connectivity index (χ3v) is 2.78. The Morgan fingerprint density at radius 3 is 2.62 bits per heavy atom. The lowest BCUT2D eigenvalue weighted by molar-refractivity contribution is 0.264. The van der Waals surface area contributed by atoms with E-state index in [1.807, 2.05) is 18.2 Å². The second-order valence-electron chi connectivity index (χ2n) is 2.89. The monoisotopic (exact) mass is 197 g/mol.